The number of nitrogens with two attached hydrogens (primary N) is 1. The number of halogens is 3. The van der Waals surface area contributed by atoms with E-state index in [0.717, 1.165) is 15.6 Å². The molecule has 19 heavy (non-hydrogen) atoms. The summed E-state index contributed by atoms with van der Waals surface area (Å²) in [4.78, 5) is 0. The minimum atomic E-state index is -0.667. The second-order valence-corrected chi connectivity index (χ2v) is 6.16. The normalized spacial score (nSPS) is 14.2. The van der Waals surface area contributed by atoms with Crippen LogP contribution in [-0.2, 0) is 12.0 Å². The van der Waals surface area contributed by atoms with Gasteiger partial charge in [-0.3, -0.25) is 0 Å². The summed E-state index contributed by atoms with van der Waals surface area (Å²) < 4.78 is 14.2. The average Bonchev–Trinajstić information content (AvgIpc) is 2.33. The van der Waals surface area contributed by atoms with Crippen LogP contribution >= 0.6 is 27.5 Å². The highest BCUT2D eigenvalue weighted by atomic mass is 79.9. The lowest BCUT2D eigenvalue weighted by molar-refractivity contribution is 0.486. The lowest BCUT2D eigenvalue weighted by Crippen LogP contribution is -2.35. The number of hydrogen-bond donors (Lipinski definition) is 1. The van der Waals surface area contributed by atoms with E-state index in [1.165, 1.54) is 12.1 Å². The van der Waals surface area contributed by atoms with Gasteiger partial charge in [-0.05, 0) is 48.7 Å². The standard InChI is InChI=1S/C15H14BrClFN/c1-15(19,11-3-2-4-13(18)7-11)9-10-5-6-12(16)8-14(10)17/h2-8H,9,19H2,1H3. The van der Waals surface area contributed by atoms with Crippen molar-refractivity contribution in [2.24, 2.45) is 5.73 Å². The molecule has 4 heteroatoms. The molecule has 0 aliphatic carbocycles. The van der Waals surface area contributed by atoms with Crippen molar-refractivity contribution in [3.8, 4) is 0 Å². The molecule has 1 atom stereocenters. The fourth-order valence-corrected chi connectivity index (χ4v) is 2.75. The zero-order valence-electron chi connectivity index (χ0n) is 10.5. The van der Waals surface area contributed by atoms with E-state index < -0.39 is 5.54 Å². The summed E-state index contributed by atoms with van der Waals surface area (Å²) in [6, 6.07) is 12.0. The summed E-state index contributed by atoms with van der Waals surface area (Å²) in [6.07, 6.45) is 0.544. The van der Waals surface area contributed by atoms with Crippen LogP contribution in [0.25, 0.3) is 0 Å². The van der Waals surface area contributed by atoms with Crippen LogP contribution in [0.4, 0.5) is 4.39 Å². The maximum absolute atomic E-state index is 13.3. The van der Waals surface area contributed by atoms with Crippen molar-refractivity contribution < 1.29 is 4.39 Å². The molecule has 0 aliphatic heterocycles. The van der Waals surface area contributed by atoms with Crippen LogP contribution in [0.15, 0.2) is 46.9 Å². The number of rotatable bonds is 3. The summed E-state index contributed by atoms with van der Waals surface area (Å²) >= 11 is 9.56. The van der Waals surface area contributed by atoms with Crippen molar-refractivity contribution >= 4 is 27.5 Å². The maximum Gasteiger partial charge on any atom is 0.123 e. The Morgan fingerprint density at radius 3 is 2.63 bits per heavy atom. The van der Waals surface area contributed by atoms with Gasteiger partial charge in [0.15, 0.2) is 0 Å². The third kappa shape index (κ3) is 3.56. The number of hydrogen-bond acceptors (Lipinski definition) is 1. The Kier molecular flexibility index (Phi) is 4.29. The lowest BCUT2D eigenvalue weighted by Gasteiger charge is -2.26. The van der Waals surface area contributed by atoms with E-state index in [-0.39, 0.29) is 5.82 Å². The van der Waals surface area contributed by atoms with Crippen LogP contribution in [0, 0.1) is 5.82 Å². The summed E-state index contributed by atoms with van der Waals surface area (Å²) in [5.74, 6) is -0.281. The van der Waals surface area contributed by atoms with Gasteiger partial charge in [0.25, 0.3) is 0 Å². The minimum Gasteiger partial charge on any atom is -0.321 e. The van der Waals surface area contributed by atoms with Crippen LogP contribution < -0.4 is 5.73 Å². The quantitative estimate of drug-likeness (QED) is 0.862. The molecule has 100 valence electrons. The average molecular weight is 343 g/mol. The van der Waals surface area contributed by atoms with E-state index in [4.69, 9.17) is 17.3 Å². The molecule has 2 aromatic rings. The van der Waals surface area contributed by atoms with Crippen molar-refractivity contribution in [1.29, 1.82) is 0 Å². The Balaban J connectivity index is 2.30. The van der Waals surface area contributed by atoms with Gasteiger partial charge in [-0.25, -0.2) is 4.39 Å². The van der Waals surface area contributed by atoms with Crippen molar-refractivity contribution in [1.82, 2.24) is 0 Å². The fraction of sp³-hybridized carbons (Fsp3) is 0.200. The molecule has 0 radical (unpaired) electrons. The number of benzene rings is 2. The molecule has 0 amide bonds. The molecule has 0 saturated carbocycles. The third-order valence-corrected chi connectivity index (χ3v) is 3.90. The van der Waals surface area contributed by atoms with Gasteiger partial charge in [0.1, 0.15) is 5.82 Å². The first-order valence-corrected chi connectivity index (χ1v) is 7.04. The fourth-order valence-electron chi connectivity index (χ4n) is 2.01. The van der Waals surface area contributed by atoms with Crippen LogP contribution in [0.2, 0.25) is 5.02 Å². The summed E-state index contributed by atoms with van der Waals surface area (Å²) in [6.45, 7) is 1.88. The van der Waals surface area contributed by atoms with Crippen molar-refractivity contribution in [3.63, 3.8) is 0 Å². The molecule has 1 nitrogen and oxygen atoms in total. The predicted molar refractivity (Wildman–Crippen MR) is 80.8 cm³/mol. The van der Waals surface area contributed by atoms with Crippen molar-refractivity contribution in [2.45, 2.75) is 18.9 Å². The smallest absolute Gasteiger partial charge is 0.123 e. The monoisotopic (exact) mass is 341 g/mol. The molecule has 0 heterocycles. The summed E-state index contributed by atoms with van der Waals surface area (Å²) in [5.41, 5.74) is 7.34. The molecule has 2 N–H and O–H groups in total. The SMILES string of the molecule is CC(N)(Cc1ccc(Br)cc1Cl)c1cccc(F)c1. The Labute approximate surface area is 125 Å². The molecular formula is C15H14BrClFN. The Bertz CT molecular complexity index is 598. The topological polar surface area (TPSA) is 26.0 Å². The third-order valence-electron chi connectivity index (χ3n) is 3.06. The second-order valence-electron chi connectivity index (χ2n) is 4.84. The molecule has 0 bridgehead atoms. The Hall–Kier alpha value is -0.900. The first-order chi connectivity index (χ1) is 8.88. The molecular weight excluding hydrogens is 329 g/mol. The van der Waals surface area contributed by atoms with Crippen LogP contribution in [0.1, 0.15) is 18.1 Å². The Morgan fingerprint density at radius 1 is 1.26 bits per heavy atom. The van der Waals surface area contributed by atoms with E-state index in [1.54, 1.807) is 6.07 Å². The van der Waals surface area contributed by atoms with Crippen LogP contribution in [-0.4, -0.2) is 0 Å². The van der Waals surface area contributed by atoms with Gasteiger partial charge >= 0.3 is 0 Å². The highest BCUT2D eigenvalue weighted by Gasteiger charge is 2.23. The van der Waals surface area contributed by atoms with Crippen molar-refractivity contribution in [2.75, 3.05) is 0 Å². The predicted octanol–water partition coefficient (Wildman–Crippen LogP) is 4.66. The van der Waals surface area contributed by atoms with Gasteiger partial charge in [0, 0.05) is 15.0 Å². The molecule has 1 unspecified atom stereocenters. The van der Waals surface area contributed by atoms with Gasteiger partial charge in [0.2, 0.25) is 0 Å². The van der Waals surface area contributed by atoms with Crippen molar-refractivity contribution in [3.05, 3.63) is 68.9 Å². The Morgan fingerprint density at radius 2 is 2.00 bits per heavy atom. The van der Waals surface area contributed by atoms with E-state index in [0.29, 0.717) is 11.4 Å². The molecule has 2 aromatic carbocycles. The molecule has 0 aliphatic rings. The first-order valence-electron chi connectivity index (χ1n) is 5.87. The minimum absolute atomic E-state index is 0.281. The molecule has 0 spiro atoms. The maximum atomic E-state index is 13.3. The summed E-state index contributed by atoms with van der Waals surface area (Å²) in [7, 11) is 0. The van der Waals surface area contributed by atoms with Gasteiger partial charge < -0.3 is 5.73 Å². The zero-order valence-corrected chi connectivity index (χ0v) is 12.8. The highest BCUT2D eigenvalue weighted by molar-refractivity contribution is 9.10. The zero-order chi connectivity index (χ0) is 14.0. The molecule has 0 saturated heterocycles. The first kappa shape index (κ1) is 14.5. The lowest BCUT2D eigenvalue weighted by atomic mass is 9.86. The van der Waals surface area contributed by atoms with Crippen LogP contribution in [0.5, 0.6) is 0 Å². The van der Waals surface area contributed by atoms with E-state index >= 15 is 0 Å². The van der Waals surface area contributed by atoms with E-state index in [1.807, 2.05) is 31.2 Å². The van der Waals surface area contributed by atoms with Crippen LogP contribution in [0.3, 0.4) is 0 Å². The molecule has 0 fully saturated rings. The van der Waals surface area contributed by atoms with E-state index in [2.05, 4.69) is 15.9 Å². The molecule has 0 aromatic heterocycles. The van der Waals surface area contributed by atoms with Gasteiger partial charge in [0.05, 0.1) is 0 Å². The highest BCUT2D eigenvalue weighted by Crippen LogP contribution is 2.28. The second kappa shape index (κ2) is 5.61. The van der Waals surface area contributed by atoms with Gasteiger partial charge in [-0.15, -0.1) is 0 Å². The van der Waals surface area contributed by atoms with Gasteiger partial charge in [-0.1, -0.05) is 45.7 Å². The molecule has 2 rings (SSSR count). The van der Waals surface area contributed by atoms with E-state index in [9.17, 15) is 4.39 Å². The van der Waals surface area contributed by atoms with Gasteiger partial charge in [-0.2, -0.15) is 0 Å². The largest absolute Gasteiger partial charge is 0.321 e. The summed E-state index contributed by atoms with van der Waals surface area (Å²) in [5, 5.41) is 0.655.